The first-order chi connectivity index (χ1) is 7.66. The lowest BCUT2D eigenvalue weighted by Crippen LogP contribution is -2.46. The highest BCUT2D eigenvalue weighted by atomic mass is 32.2. The van der Waals surface area contributed by atoms with Crippen LogP contribution in [-0.4, -0.2) is 51.2 Å². The fraction of sp³-hybridized carbons (Fsp3) is 0.667. The highest BCUT2D eigenvalue weighted by molar-refractivity contribution is 7.85. The van der Waals surface area contributed by atoms with Gasteiger partial charge in [0.2, 0.25) is 5.91 Å². The van der Waals surface area contributed by atoms with Gasteiger partial charge >= 0.3 is 0 Å². The first-order valence-electron chi connectivity index (χ1n) is 5.16. The van der Waals surface area contributed by atoms with Gasteiger partial charge < -0.3 is 4.90 Å². The van der Waals surface area contributed by atoms with E-state index in [-0.39, 0.29) is 11.8 Å². The van der Waals surface area contributed by atoms with Crippen molar-refractivity contribution in [1.29, 1.82) is 0 Å². The maximum Gasteiger partial charge on any atom is 0.270 e. The lowest BCUT2D eigenvalue weighted by atomic mass is 10.1. The number of carbonyl (C=O) groups is 2. The third-order valence-electron chi connectivity index (χ3n) is 2.62. The maximum absolute atomic E-state index is 11.9. The summed E-state index contributed by atoms with van der Waals surface area (Å²) in [6.07, 6.45) is 0.703. The number of rotatable bonds is 1. The molecule has 1 fully saturated rings. The predicted octanol–water partition coefficient (Wildman–Crippen LogP) is -1.16. The minimum atomic E-state index is -0.792. The summed E-state index contributed by atoms with van der Waals surface area (Å²) in [6.45, 7) is 1.02. The van der Waals surface area contributed by atoms with E-state index < -0.39 is 10.8 Å². The van der Waals surface area contributed by atoms with E-state index in [1.807, 2.05) is 0 Å². The Kier molecular flexibility index (Phi) is 3.33. The molecule has 1 saturated heterocycles. The summed E-state index contributed by atoms with van der Waals surface area (Å²) >= 11 is 0. The number of nitrogens with zero attached hydrogens (tertiary/aromatic N) is 2. The molecule has 0 aliphatic carbocycles. The van der Waals surface area contributed by atoms with Crippen LogP contribution in [0.5, 0.6) is 0 Å². The largest absolute Gasteiger partial charge is 0.336 e. The minimum absolute atomic E-state index is 0.142. The number of hydrogen-bond donors (Lipinski definition) is 1. The van der Waals surface area contributed by atoms with Crippen LogP contribution in [0.2, 0.25) is 0 Å². The number of hydrogen-bond acceptors (Lipinski definition) is 4. The van der Waals surface area contributed by atoms with Crippen molar-refractivity contribution < 1.29 is 13.8 Å². The van der Waals surface area contributed by atoms with E-state index in [1.54, 1.807) is 4.90 Å². The number of hydrazone groups is 1. The first-order valence-corrected chi connectivity index (χ1v) is 6.65. The molecule has 0 atom stereocenters. The molecule has 2 aliphatic heterocycles. The Morgan fingerprint density at radius 2 is 2.00 bits per heavy atom. The molecule has 6 nitrogen and oxygen atoms in total. The fourth-order valence-corrected chi connectivity index (χ4v) is 2.70. The molecule has 0 bridgehead atoms. The molecule has 0 aromatic rings. The van der Waals surface area contributed by atoms with Gasteiger partial charge in [-0.25, -0.2) is 5.43 Å². The van der Waals surface area contributed by atoms with Crippen molar-refractivity contribution in [3.63, 3.8) is 0 Å². The molecule has 7 heteroatoms. The third kappa shape index (κ3) is 2.46. The Hall–Kier alpha value is -1.24. The topological polar surface area (TPSA) is 78.8 Å². The maximum atomic E-state index is 11.9. The summed E-state index contributed by atoms with van der Waals surface area (Å²) in [6, 6.07) is 0. The minimum Gasteiger partial charge on any atom is -0.336 e. The zero-order chi connectivity index (χ0) is 11.5. The normalized spacial score (nSPS) is 22.6. The summed E-state index contributed by atoms with van der Waals surface area (Å²) in [5.41, 5.74) is 2.70. The van der Waals surface area contributed by atoms with E-state index in [0.29, 0.717) is 43.1 Å². The molecule has 0 unspecified atom stereocenters. The highest BCUT2D eigenvalue weighted by Crippen LogP contribution is 2.06. The molecule has 0 spiro atoms. The van der Waals surface area contributed by atoms with Crippen molar-refractivity contribution in [3.05, 3.63) is 0 Å². The van der Waals surface area contributed by atoms with Crippen LogP contribution in [0, 0.1) is 0 Å². The van der Waals surface area contributed by atoms with Gasteiger partial charge in [0.15, 0.2) is 0 Å². The van der Waals surface area contributed by atoms with Gasteiger partial charge in [0, 0.05) is 48.2 Å². The van der Waals surface area contributed by atoms with Crippen molar-refractivity contribution in [2.45, 2.75) is 12.8 Å². The summed E-state index contributed by atoms with van der Waals surface area (Å²) in [7, 11) is -0.792. The second-order valence-corrected chi connectivity index (χ2v) is 5.43. The van der Waals surface area contributed by atoms with Crippen molar-refractivity contribution >= 4 is 28.3 Å². The second kappa shape index (κ2) is 4.73. The SMILES string of the molecule is O=C1CCC(C(=O)N2CCS(=O)CC2)=NN1. The van der Waals surface area contributed by atoms with Crippen LogP contribution in [-0.2, 0) is 20.4 Å². The Bertz CT molecular complexity index is 370. The molecule has 2 amide bonds. The van der Waals surface area contributed by atoms with E-state index >= 15 is 0 Å². The van der Waals surface area contributed by atoms with Gasteiger partial charge in [0.1, 0.15) is 5.71 Å². The second-order valence-electron chi connectivity index (χ2n) is 3.73. The van der Waals surface area contributed by atoms with Crippen molar-refractivity contribution in [2.75, 3.05) is 24.6 Å². The van der Waals surface area contributed by atoms with Gasteiger partial charge in [-0.2, -0.15) is 5.10 Å². The molecule has 1 N–H and O–H groups in total. The van der Waals surface area contributed by atoms with Crippen LogP contribution in [0.15, 0.2) is 5.10 Å². The summed E-state index contributed by atoms with van der Waals surface area (Å²) in [5.74, 6) is 0.768. The van der Waals surface area contributed by atoms with Crippen molar-refractivity contribution in [3.8, 4) is 0 Å². The van der Waals surface area contributed by atoms with Gasteiger partial charge in [0.05, 0.1) is 0 Å². The van der Waals surface area contributed by atoms with E-state index in [9.17, 15) is 13.8 Å². The van der Waals surface area contributed by atoms with Gasteiger partial charge in [-0.05, 0) is 0 Å². The van der Waals surface area contributed by atoms with Crippen LogP contribution >= 0.6 is 0 Å². The van der Waals surface area contributed by atoms with Crippen LogP contribution in [0.4, 0.5) is 0 Å². The number of nitrogens with one attached hydrogen (secondary N) is 1. The van der Waals surface area contributed by atoms with E-state index in [2.05, 4.69) is 10.5 Å². The average Bonchev–Trinajstić information content (AvgIpc) is 2.30. The first kappa shape index (κ1) is 11.3. The fourth-order valence-electron chi connectivity index (χ4n) is 1.65. The van der Waals surface area contributed by atoms with Crippen LogP contribution in [0.3, 0.4) is 0 Å². The van der Waals surface area contributed by atoms with Crippen LogP contribution in [0.25, 0.3) is 0 Å². The molecule has 0 aromatic heterocycles. The van der Waals surface area contributed by atoms with E-state index in [0.717, 1.165) is 0 Å². The van der Waals surface area contributed by atoms with E-state index in [4.69, 9.17) is 0 Å². The van der Waals surface area contributed by atoms with Gasteiger partial charge in [-0.15, -0.1) is 0 Å². The summed E-state index contributed by atoms with van der Waals surface area (Å²) in [5, 5.41) is 3.75. The molecule has 2 heterocycles. The predicted molar refractivity (Wildman–Crippen MR) is 59.3 cm³/mol. The third-order valence-corrected chi connectivity index (χ3v) is 3.89. The molecular weight excluding hydrogens is 230 g/mol. The van der Waals surface area contributed by atoms with Crippen LogP contribution < -0.4 is 5.43 Å². The monoisotopic (exact) mass is 243 g/mol. The van der Waals surface area contributed by atoms with Gasteiger partial charge in [-0.1, -0.05) is 0 Å². The smallest absolute Gasteiger partial charge is 0.270 e. The Morgan fingerprint density at radius 1 is 1.31 bits per heavy atom. The molecule has 0 radical (unpaired) electrons. The molecule has 0 aromatic carbocycles. The molecular formula is C9H13N3O3S. The highest BCUT2D eigenvalue weighted by Gasteiger charge is 2.26. The number of amides is 2. The molecule has 2 rings (SSSR count). The zero-order valence-corrected chi connectivity index (χ0v) is 9.59. The lowest BCUT2D eigenvalue weighted by Gasteiger charge is -2.27. The molecule has 2 aliphatic rings. The Balaban J connectivity index is 1.97. The Morgan fingerprint density at radius 3 is 2.56 bits per heavy atom. The lowest BCUT2D eigenvalue weighted by molar-refractivity contribution is -0.124. The molecule has 16 heavy (non-hydrogen) atoms. The molecule has 88 valence electrons. The van der Waals surface area contributed by atoms with Gasteiger partial charge in [0.25, 0.3) is 5.91 Å². The number of carbonyl (C=O) groups excluding carboxylic acids is 2. The van der Waals surface area contributed by atoms with Crippen molar-refractivity contribution in [1.82, 2.24) is 10.3 Å². The Labute approximate surface area is 95.5 Å². The zero-order valence-electron chi connectivity index (χ0n) is 8.77. The van der Waals surface area contributed by atoms with E-state index in [1.165, 1.54) is 0 Å². The summed E-state index contributed by atoms with van der Waals surface area (Å²) in [4.78, 5) is 24.4. The van der Waals surface area contributed by atoms with Crippen molar-refractivity contribution in [2.24, 2.45) is 5.10 Å². The van der Waals surface area contributed by atoms with Gasteiger partial charge in [-0.3, -0.25) is 13.8 Å². The summed E-state index contributed by atoms with van der Waals surface area (Å²) < 4.78 is 11.1. The quantitative estimate of drug-likeness (QED) is 0.631. The van der Waals surface area contributed by atoms with Crippen LogP contribution in [0.1, 0.15) is 12.8 Å². The average molecular weight is 243 g/mol. The molecule has 0 saturated carbocycles. The standard InChI is InChI=1S/C9H13N3O3S/c13-8-2-1-7(10-11-8)9(14)12-3-5-16(15)6-4-12/h1-6H2,(H,11,13).